The first-order valence-corrected chi connectivity index (χ1v) is 9.14. The van der Waals surface area contributed by atoms with Crippen molar-refractivity contribution in [1.29, 1.82) is 0 Å². The molecule has 134 valence electrons. The molecule has 6 nitrogen and oxygen atoms in total. The molecular formula is C17H22BrIN6. The maximum atomic E-state index is 4.39. The number of aryl methyl sites for hydroxylation is 1. The minimum absolute atomic E-state index is 0. The molecule has 0 bridgehead atoms. The Balaban J connectivity index is 0.00000182. The maximum absolute atomic E-state index is 4.39. The maximum Gasteiger partial charge on any atom is 0.191 e. The number of benzene rings is 1. The molecule has 0 amide bonds. The van der Waals surface area contributed by atoms with Crippen LogP contribution in [0.1, 0.15) is 30.1 Å². The lowest BCUT2D eigenvalue weighted by atomic mass is 10.1. The second-order valence-corrected chi connectivity index (χ2v) is 7.37. The Bertz CT molecular complexity index is 744. The summed E-state index contributed by atoms with van der Waals surface area (Å²) in [6, 6.07) is 9.41. The Labute approximate surface area is 173 Å². The third-order valence-electron chi connectivity index (χ3n) is 4.78. The molecule has 2 heterocycles. The van der Waals surface area contributed by atoms with E-state index in [0.29, 0.717) is 18.0 Å². The van der Waals surface area contributed by atoms with Gasteiger partial charge >= 0.3 is 0 Å². The molecular weight excluding hydrogens is 495 g/mol. The summed E-state index contributed by atoms with van der Waals surface area (Å²) < 4.78 is 3.11. The number of nitrogens with zero attached hydrogens (tertiary/aromatic N) is 4. The summed E-state index contributed by atoms with van der Waals surface area (Å²) in [7, 11) is 1.83. The lowest BCUT2D eigenvalue weighted by Crippen LogP contribution is -2.47. The molecule has 1 aromatic heterocycles. The Hall–Kier alpha value is -1.16. The number of aromatic nitrogens is 3. The molecule has 0 spiro atoms. The smallest absolute Gasteiger partial charge is 0.191 e. The number of aliphatic imine (C=N–C) groups is 1. The minimum atomic E-state index is 0. The van der Waals surface area contributed by atoms with Crippen molar-refractivity contribution < 1.29 is 0 Å². The summed E-state index contributed by atoms with van der Waals surface area (Å²) in [5, 5.41) is 11.4. The van der Waals surface area contributed by atoms with Gasteiger partial charge in [-0.25, -0.2) is 9.67 Å². The second-order valence-electron chi connectivity index (χ2n) is 6.46. The van der Waals surface area contributed by atoms with Crippen molar-refractivity contribution in [3.63, 3.8) is 0 Å². The van der Waals surface area contributed by atoms with Crippen molar-refractivity contribution in [2.75, 3.05) is 7.05 Å². The van der Waals surface area contributed by atoms with Crippen molar-refractivity contribution >= 4 is 45.9 Å². The van der Waals surface area contributed by atoms with Crippen molar-refractivity contribution in [3.8, 4) is 0 Å². The number of hydrogen-bond donors (Lipinski definition) is 2. The van der Waals surface area contributed by atoms with Gasteiger partial charge in [0.1, 0.15) is 12.2 Å². The highest BCUT2D eigenvalue weighted by Gasteiger charge is 2.39. The largest absolute Gasteiger partial charge is 0.353 e. The number of rotatable bonds is 3. The predicted molar refractivity (Wildman–Crippen MR) is 112 cm³/mol. The fourth-order valence-electron chi connectivity index (χ4n) is 3.33. The normalized spacial score (nSPS) is 24.9. The fourth-order valence-corrected chi connectivity index (χ4v) is 3.59. The molecule has 0 radical (unpaired) electrons. The number of fused-ring (bicyclic) bond motifs is 1. The molecule has 1 aliphatic carbocycles. The second kappa shape index (κ2) is 8.03. The highest BCUT2D eigenvalue weighted by molar-refractivity contribution is 14.0. The van der Waals surface area contributed by atoms with E-state index in [2.05, 4.69) is 65.9 Å². The summed E-state index contributed by atoms with van der Waals surface area (Å²) >= 11 is 3.49. The topological polar surface area (TPSA) is 67.1 Å². The molecule has 1 aliphatic heterocycles. The lowest BCUT2D eigenvalue weighted by Gasteiger charge is -2.25. The van der Waals surface area contributed by atoms with Crippen molar-refractivity contribution in [1.82, 2.24) is 25.4 Å². The van der Waals surface area contributed by atoms with Crippen molar-refractivity contribution in [2.45, 2.75) is 43.8 Å². The van der Waals surface area contributed by atoms with Gasteiger partial charge in [0, 0.05) is 35.9 Å². The Morgan fingerprint density at radius 2 is 2.08 bits per heavy atom. The van der Waals surface area contributed by atoms with Gasteiger partial charge in [0.05, 0.1) is 6.54 Å². The molecule has 25 heavy (non-hydrogen) atoms. The quantitative estimate of drug-likeness (QED) is 0.374. The number of hydrogen-bond acceptors (Lipinski definition) is 3. The summed E-state index contributed by atoms with van der Waals surface area (Å²) in [5.74, 6) is 2.53. The molecule has 2 N–H and O–H groups in total. The van der Waals surface area contributed by atoms with E-state index in [9.17, 15) is 0 Å². The lowest BCUT2D eigenvalue weighted by molar-refractivity contribution is 0.392. The zero-order chi connectivity index (χ0) is 16.5. The number of guanidine groups is 1. The van der Waals surface area contributed by atoms with Crippen molar-refractivity contribution in [2.24, 2.45) is 4.99 Å². The van der Waals surface area contributed by atoms with Gasteiger partial charge in [-0.1, -0.05) is 28.1 Å². The van der Waals surface area contributed by atoms with E-state index < -0.39 is 0 Å². The van der Waals surface area contributed by atoms with Crippen LogP contribution in [0, 0.1) is 0 Å². The number of halogens is 2. The van der Waals surface area contributed by atoms with Gasteiger partial charge in [0.25, 0.3) is 0 Å². The molecule has 0 saturated heterocycles. The van der Waals surface area contributed by atoms with E-state index >= 15 is 0 Å². The highest BCUT2D eigenvalue weighted by atomic mass is 127. The Morgan fingerprint density at radius 1 is 1.28 bits per heavy atom. The Morgan fingerprint density at radius 3 is 2.84 bits per heavy atom. The van der Waals surface area contributed by atoms with E-state index in [4.69, 9.17) is 0 Å². The average molecular weight is 517 g/mol. The standard InChI is InChI=1S/C17H21BrN6.HI/c1-19-17(22-13-6-7-16-20-10-21-24(16)9-13)23-15-8-14(15)11-2-4-12(18)5-3-11;/h2-5,10,13-15H,6-9H2,1H3,(H2,19,22,23);1H. The first-order chi connectivity index (χ1) is 11.7. The summed E-state index contributed by atoms with van der Waals surface area (Å²) in [4.78, 5) is 8.66. The summed E-state index contributed by atoms with van der Waals surface area (Å²) in [5.41, 5.74) is 1.39. The van der Waals surface area contributed by atoms with Crippen LogP contribution >= 0.6 is 39.9 Å². The zero-order valence-corrected chi connectivity index (χ0v) is 17.9. The SMILES string of the molecule is CN=C(NC1CCc2ncnn2C1)NC1CC1c1ccc(Br)cc1.I. The summed E-state index contributed by atoms with van der Waals surface area (Å²) in [6.45, 7) is 0.844. The third kappa shape index (κ3) is 4.33. The summed E-state index contributed by atoms with van der Waals surface area (Å²) in [6.07, 6.45) is 4.80. The molecule has 2 aromatic rings. The van der Waals surface area contributed by atoms with Crippen molar-refractivity contribution in [3.05, 3.63) is 46.5 Å². The van der Waals surface area contributed by atoms with Crippen LogP contribution in [0.3, 0.4) is 0 Å². The van der Waals surface area contributed by atoms with Crippen LogP contribution in [0.15, 0.2) is 40.1 Å². The molecule has 3 atom stereocenters. The first kappa shape index (κ1) is 18.6. The van der Waals surface area contributed by atoms with Gasteiger partial charge in [0.15, 0.2) is 5.96 Å². The highest BCUT2D eigenvalue weighted by Crippen LogP contribution is 2.41. The van der Waals surface area contributed by atoms with E-state index in [-0.39, 0.29) is 24.0 Å². The molecule has 4 rings (SSSR count). The zero-order valence-electron chi connectivity index (χ0n) is 14.0. The molecule has 1 saturated carbocycles. The van der Waals surface area contributed by atoms with Gasteiger partial charge in [0.2, 0.25) is 0 Å². The molecule has 8 heteroatoms. The molecule has 1 aromatic carbocycles. The molecule has 3 unspecified atom stereocenters. The van der Waals surface area contributed by atoms with E-state index in [1.807, 2.05) is 11.7 Å². The van der Waals surface area contributed by atoms with Gasteiger partial charge < -0.3 is 10.6 Å². The van der Waals surface area contributed by atoms with Crippen LogP contribution in [0.2, 0.25) is 0 Å². The van der Waals surface area contributed by atoms with Crippen LogP contribution in [0.5, 0.6) is 0 Å². The average Bonchev–Trinajstić information content (AvgIpc) is 3.20. The minimum Gasteiger partial charge on any atom is -0.353 e. The van der Waals surface area contributed by atoms with Gasteiger partial charge in [-0.15, -0.1) is 24.0 Å². The van der Waals surface area contributed by atoms with E-state index in [1.165, 1.54) is 5.56 Å². The van der Waals surface area contributed by atoms with Gasteiger partial charge in [-0.2, -0.15) is 5.10 Å². The van der Waals surface area contributed by atoms with Crippen LogP contribution in [0.4, 0.5) is 0 Å². The number of nitrogens with one attached hydrogen (secondary N) is 2. The van der Waals surface area contributed by atoms with Crippen LogP contribution in [-0.2, 0) is 13.0 Å². The fraction of sp³-hybridized carbons (Fsp3) is 0.471. The monoisotopic (exact) mass is 516 g/mol. The molecule has 1 fully saturated rings. The van der Waals surface area contributed by atoms with Crippen LogP contribution in [0.25, 0.3) is 0 Å². The Kier molecular flexibility index (Phi) is 5.98. The first-order valence-electron chi connectivity index (χ1n) is 8.35. The van der Waals surface area contributed by atoms with Gasteiger partial charge in [-0.05, 0) is 30.5 Å². The van der Waals surface area contributed by atoms with E-state index in [1.54, 1.807) is 6.33 Å². The van der Waals surface area contributed by atoms with Crippen LogP contribution < -0.4 is 10.6 Å². The van der Waals surface area contributed by atoms with Gasteiger partial charge in [-0.3, -0.25) is 4.99 Å². The predicted octanol–water partition coefficient (Wildman–Crippen LogP) is 2.69. The van der Waals surface area contributed by atoms with Crippen LogP contribution in [-0.4, -0.2) is 39.9 Å². The third-order valence-corrected chi connectivity index (χ3v) is 5.31. The van der Waals surface area contributed by atoms with E-state index in [0.717, 1.165) is 42.1 Å². The molecule has 2 aliphatic rings.